The summed E-state index contributed by atoms with van der Waals surface area (Å²) in [5, 5.41) is 3.36. The van der Waals surface area contributed by atoms with Gasteiger partial charge in [-0.15, -0.1) is 0 Å². The Morgan fingerprint density at radius 1 is 1.39 bits per heavy atom. The first kappa shape index (κ1) is 13.5. The summed E-state index contributed by atoms with van der Waals surface area (Å²) in [6.07, 6.45) is 3.82. The van der Waals surface area contributed by atoms with Crippen LogP contribution in [0.1, 0.15) is 43.7 Å². The summed E-state index contributed by atoms with van der Waals surface area (Å²) < 4.78 is 28.0. The molecular weight excluding hydrogens is 232 g/mol. The van der Waals surface area contributed by atoms with Gasteiger partial charge in [-0.1, -0.05) is 12.5 Å². The van der Waals surface area contributed by atoms with Gasteiger partial charge in [-0.2, -0.15) is 0 Å². The molecule has 1 aliphatic heterocycles. The Morgan fingerprint density at radius 3 is 2.78 bits per heavy atom. The molecule has 2 rings (SSSR count). The van der Waals surface area contributed by atoms with Crippen molar-refractivity contribution < 1.29 is 8.78 Å². The van der Waals surface area contributed by atoms with Crippen molar-refractivity contribution in [3.8, 4) is 0 Å². The first-order valence-corrected chi connectivity index (χ1v) is 6.68. The Bertz CT molecular complexity index is 409. The Hall–Kier alpha value is -0.960. The molecule has 0 spiro atoms. The third-order valence-corrected chi connectivity index (χ3v) is 3.80. The molecule has 2 unspecified atom stereocenters. The van der Waals surface area contributed by atoms with E-state index in [1.165, 1.54) is 12.5 Å². The van der Waals surface area contributed by atoms with Crippen LogP contribution in [0.15, 0.2) is 18.2 Å². The fourth-order valence-electron chi connectivity index (χ4n) is 2.65. The number of nitrogens with one attached hydrogen (secondary N) is 1. The molecule has 18 heavy (non-hydrogen) atoms. The molecule has 1 nitrogen and oxygen atoms in total. The van der Waals surface area contributed by atoms with Gasteiger partial charge in [-0.05, 0) is 56.5 Å². The third kappa shape index (κ3) is 3.08. The highest BCUT2D eigenvalue weighted by molar-refractivity contribution is 5.28. The Balaban J connectivity index is 2.10. The summed E-state index contributed by atoms with van der Waals surface area (Å²) in [6, 6.07) is 4.78. The summed E-state index contributed by atoms with van der Waals surface area (Å²) >= 11 is 0. The van der Waals surface area contributed by atoms with E-state index in [9.17, 15) is 8.78 Å². The topological polar surface area (TPSA) is 12.0 Å². The number of hydrogen-bond acceptors (Lipinski definition) is 1. The zero-order valence-corrected chi connectivity index (χ0v) is 11.1. The molecule has 1 N–H and O–H groups in total. The molecule has 1 fully saturated rings. The van der Waals surface area contributed by atoms with Gasteiger partial charge in [0.15, 0.2) is 0 Å². The van der Waals surface area contributed by atoms with Gasteiger partial charge >= 0.3 is 0 Å². The van der Waals surface area contributed by atoms with E-state index in [0.29, 0.717) is 17.5 Å². The highest BCUT2D eigenvalue weighted by atomic mass is 19.1. The quantitative estimate of drug-likeness (QED) is 0.862. The van der Waals surface area contributed by atoms with Crippen LogP contribution in [0.3, 0.4) is 0 Å². The second kappa shape index (κ2) is 5.35. The van der Waals surface area contributed by atoms with Crippen molar-refractivity contribution in [3.63, 3.8) is 0 Å². The molecule has 1 aromatic carbocycles. The molecule has 3 heteroatoms. The van der Waals surface area contributed by atoms with E-state index >= 15 is 0 Å². The van der Waals surface area contributed by atoms with E-state index < -0.39 is 5.67 Å². The highest BCUT2D eigenvalue weighted by Crippen LogP contribution is 2.33. The van der Waals surface area contributed by atoms with Crippen LogP contribution in [-0.4, -0.2) is 12.6 Å². The summed E-state index contributed by atoms with van der Waals surface area (Å²) in [5.41, 5.74) is -0.310. The minimum Gasteiger partial charge on any atom is -0.314 e. The largest absolute Gasteiger partial charge is 0.314 e. The van der Waals surface area contributed by atoms with E-state index in [4.69, 9.17) is 0 Å². The lowest BCUT2D eigenvalue weighted by atomic mass is 9.87. The number of piperidine rings is 1. The Kier molecular flexibility index (Phi) is 4.00. The molecule has 1 aliphatic rings. The number of benzene rings is 1. The van der Waals surface area contributed by atoms with Gasteiger partial charge in [-0.25, -0.2) is 8.78 Å². The van der Waals surface area contributed by atoms with Crippen molar-refractivity contribution in [2.45, 2.75) is 51.2 Å². The minimum absolute atomic E-state index is 0.235. The summed E-state index contributed by atoms with van der Waals surface area (Å²) in [5.74, 6) is -0.273. The number of rotatable bonds is 3. The minimum atomic E-state index is -1.40. The van der Waals surface area contributed by atoms with E-state index in [1.54, 1.807) is 26.0 Å². The normalized spacial score (nSPS) is 23.7. The smallest absolute Gasteiger partial charge is 0.134 e. The highest BCUT2D eigenvalue weighted by Gasteiger charge is 2.30. The zero-order valence-electron chi connectivity index (χ0n) is 11.1. The van der Waals surface area contributed by atoms with Crippen molar-refractivity contribution >= 4 is 0 Å². The molecule has 0 saturated carbocycles. The zero-order chi connectivity index (χ0) is 13.2. The van der Waals surface area contributed by atoms with E-state index in [2.05, 4.69) is 5.32 Å². The van der Waals surface area contributed by atoms with Crippen molar-refractivity contribution in [3.05, 3.63) is 35.1 Å². The molecule has 2 atom stereocenters. The van der Waals surface area contributed by atoms with Crippen LogP contribution in [0.25, 0.3) is 0 Å². The van der Waals surface area contributed by atoms with Crippen molar-refractivity contribution in [1.29, 1.82) is 0 Å². The molecule has 1 heterocycles. The van der Waals surface area contributed by atoms with Crippen molar-refractivity contribution in [2.24, 2.45) is 0 Å². The number of halogens is 2. The molecule has 1 saturated heterocycles. The molecule has 0 aliphatic carbocycles. The first-order valence-electron chi connectivity index (χ1n) is 6.68. The maximum absolute atomic E-state index is 14.8. The van der Waals surface area contributed by atoms with Gasteiger partial charge in [0.2, 0.25) is 0 Å². The summed E-state index contributed by atoms with van der Waals surface area (Å²) in [7, 11) is 0. The predicted molar refractivity (Wildman–Crippen MR) is 69.9 cm³/mol. The predicted octanol–water partition coefficient (Wildman–Crippen LogP) is 3.85. The van der Waals surface area contributed by atoms with E-state index in [0.717, 1.165) is 19.4 Å². The third-order valence-electron chi connectivity index (χ3n) is 3.80. The second-order valence-electron chi connectivity index (χ2n) is 5.51. The first-order chi connectivity index (χ1) is 8.49. The molecule has 0 amide bonds. The Morgan fingerprint density at radius 2 is 2.17 bits per heavy atom. The van der Waals surface area contributed by atoms with Gasteiger partial charge in [0.05, 0.1) is 0 Å². The average molecular weight is 253 g/mol. The van der Waals surface area contributed by atoms with Gasteiger partial charge < -0.3 is 5.32 Å². The maximum Gasteiger partial charge on any atom is 0.134 e. The lowest BCUT2D eigenvalue weighted by Gasteiger charge is -2.30. The molecule has 100 valence electrons. The number of hydrogen-bond donors (Lipinski definition) is 1. The van der Waals surface area contributed by atoms with Crippen LogP contribution < -0.4 is 5.32 Å². The average Bonchev–Trinajstić information content (AvgIpc) is 2.33. The van der Waals surface area contributed by atoms with Gasteiger partial charge in [-0.3, -0.25) is 0 Å². The molecule has 0 radical (unpaired) electrons. The monoisotopic (exact) mass is 253 g/mol. The fraction of sp³-hybridized carbons (Fsp3) is 0.600. The SMILES string of the molecule is Cc1cc(C(C)(F)CC2CCCCN2)ccc1F. The van der Waals surface area contributed by atoms with Crippen LogP contribution >= 0.6 is 0 Å². The van der Waals surface area contributed by atoms with Crippen molar-refractivity contribution in [1.82, 2.24) is 5.32 Å². The van der Waals surface area contributed by atoms with E-state index in [-0.39, 0.29) is 11.9 Å². The number of alkyl halides is 1. The molecular formula is C15H21F2N. The number of aryl methyl sites for hydroxylation is 1. The van der Waals surface area contributed by atoms with E-state index in [1.807, 2.05) is 0 Å². The lowest BCUT2D eigenvalue weighted by molar-refractivity contribution is 0.146. The molecule has 1 aromatic rings. The van der Waals surface area contributed by atoms with Crippen LogP contribution in [0.2, 0.25) is 0 Å². The van der Waals surface area contributed by atoms with Crippen LogP contribution in [0, 0.1) is 12.7 Å². The Labute approximate surface area is 108 Å². The second-order valence-corrected chi connectivity index (χ2v) is 5.51. The van der Waals surface area contributed by atoms with Crippen molar-refractivity contribution in [2.75, 3.05) is 6.54 Å². The standard InChI is InChI=1S/C15H21F2N/c1-11-9-12(6-7-14(11)16)15(2,17)10-13-5-3-4-8-18-13/h6-7,9,13,18H,3-5,8,10H2,1-2H3. The summed E-state index contributed by atoms with van der Waals surface area (Å²) in [6.45, 7) is 4.24. The van der Waals surface area contributed by atoms with Gasteiger partial charge in [0.1, 0.15) is 11.5 Å². The van der Waals surface area contributed by atoms with Gasteiger partial charge in [0, 0.05) is 12.5 Å². The van der Waals surface area contributed by atoms with Crippen LogP contribution in [0.5, 0.6) is 0 Å². The maximum atomic E-state index is 14.8. The fourth-order valence-corrected chi connectivity index (χ4v) is 2.65. The lowest BCUT2D eigenvalue weighted by Crippen LogP contribution is -2.38. The van der Waals surface area contributed by atoms with Crippen LogP contribution in [-0.2, 0) is 5.67 Å². The van der Waals surface area contributed by atoms with Gasteiger partial charge in [0.25, 0.3) is 0 Å². The molecule has 0 aromatic heterocycles. The summed E-state index contributed by atoms with van der Waals surface area (Å²) in [4.78, 5) is 0. The molecule has 0 bridgehead atoms. The van der Waals surface area contributed by atoms with Crippen LogP contribution in [0.4, 0.5) is 8.78 Å².